The fourth-order valence-electron chi connectivity index (χ4n) is 2.33. The highest BCUT2D eigenvalue weighted by Crippen LogP contribution is 2.16. The van der Waals surface area contributed by atoms with Crippen molar-refractivity contribution < 1.29 is 4.79 Å². The number of amides is 1. The molecule has 1 saturated heterocycles. The van der Waals surface area contributed by atoms with Gasteiger partial charge < -0.3 is 10.2 Å². The molecule has 4 heteroatoms. The van der Waals surface area contributed by atoms with Gasteiger partial charge >= 0.3 is 0 Å². The molecule has 1 fully saturated rings. The maximum atomic E-state index is 12.6. The average molecular weight is 278 g/mol. The summed E-state index contributed by atoms with van der Waals surface area (Å²) < 4.78 is 0. The number of thioether (sulfide) groups is 1. The largest absolute Gasteiger partial charge is 0.338 e. The van der Waals surface area contributed by atoms with Crippen LogP contribution in [0, 0.1) is 0 Å². The average Bonchev–Trinajstić information content (AvgIpc) is 2.73. The van der Waals surface area contributed by atoms with Gasteiger partial charge in [-0.05, 0) is 43.8 Å². The summed E-state index contributed by atoms with van der Waals surface area (Å²) in [5.41, 5.74) is 2.03. The molecule has 1 aromatic rings. The third kappa shape index (κ3) is 3.98. The van der Waals surface area contributed by atoms with E-state index in [0.717, 1.165) is 49.4 Å². The molecule has 3 nitrogen and oxygen atoms in total. The Bertz CT molecular complexity index is 414. The van der Waals surface area contributed by atoms with E-state index in [1.54, 1.807) is 0 Å². The van der Waals surface area contributed by atoms with Crippen LogP contribution in [0.3, 0.4) is 0 Å². The summed E-state index contributed by atoms with van der Waals surface area (Å²) in [4.78, 5) is 14.6. The SMILES string of the molecule is CNCCc1ccccc1C(=O)N1CCCSCC1. The number of likely N-dealkylation sites (N-methyl/N-ethyl adjacent to an activating group) is 1. The van der Waals surface area contributed by atoms with Gasteiger partial charge in [-0.15, -0.1) is 0 Å². The third-order valence-corrected chi connectivity index (χ3v) is 4.45. The molecule has 0 saturated carbocycles. The first-order chi connectivity index (χ1) is 9.33. The Morgan fingerprint density at radius 1 is 1.32 bits per heavy atom. The molecule has 104 valence electrons. The lowest BCUT2D eigenvalue weighted by atomic mass is 10.0. The molecule has 1 aliphatic heterocycles. The summed E-state index contributed by atoms with van der Waals surface area (Å²) in [6.07, 6.45) is 2.01. The topological polar surface area (TPSA) is 32.3 Å². The lowest BCUT2D eigenvalue weighted by molar-refractivity contribution is 0.0767. The van der Waals surface area contributed by atoms with Crippen molar-refractivity contribution in [3.63, 3.8) is 0 Å². The Labute approximate surface area is 119 Å². The summed E-state index contributed by atoms with van der Waals surface area (Å²) in [6, 6.07) is 8.01. The highest BCUT2D eigenvalue weighted by atomic mass is 32.2. The van der Waals surface area contributed by atoms with E-state index < -0.39 is 0 Å². The molecule has 1 amide bonds. The Hall–Kier alpha value is -1.00. The molecule has 0 spiro atoms. The van der Waals surface area contributed by atoms with Crippen LogP contribution in [-0.4, -0.2) is 49.0 Å². The normalized spacial score (nSPS) is 16.2. The van der Waals surface area contributed by atoms with Crippen LogP contribution >= 0.6 is 11.8 Å². The second kappa shape index (κ2) is 7.56. The number of carbonyl (C=O) groups excluding carboxylic acids is 1. The van der Waals surface area contributed by atoms with E-state index in [-0.39, 0.29) is 5.91 Å². The maximum absolute atomic E-state index is 12.6. The smallest absolute Gasteiger partial charge is 0.254 e. The molecule has 19 heavy (non-hydrogen) atoms. The van der Waals surface area contributed by atoms with Gasteiger partial charge in [-0.2, -0.15) is 11.8 Å². The van der Waals surface area contributed by atoms with Gasteiger partial charge in [0.15, 0.2) is 0 Å². The summed E-state index contributed by atoms with van der Waals surface area (Å²) in [6.45, 7) is 2.68. The number of hydrogen-bond donors (Lipinski definition) is 1. The minimum absolute atomic E-state index is 0.203. The van der Waals surface area contributed by atoms with Crippen molar-refractivity contribution in [2.24, 2.45) is 0 Å². The quantitative estimate of drug-likeness (QED) is 0.914. The van der Waals surface area contributed by atoms with Gasteiger partial charge in [0.25, 0.3) is 5.91 Å². The highest BCUT2D eigenvalue weighted by Gasteiger charge is 2.19. The number of rotatable bonds is 4. The maximum Gasteiger partial charge on any atom is 0.254 e. The van der Waals surface area contributed by atoms with E-state index in [2.05, 4.69) is 11.4 Å². The molecule has 2 rings (SSSR count). The van der Waals surface area contributed by atoms with Gasteiger partial charge in [0.2, 0.25) is 0 Å². The molecule has 1 aliphatic rings. The zero-order chi connectivity index (χ0) is 13.5. The van der Waals surface area contributed by atoms with E-state index in [1.807, 2.05) is 41.9 Å². The van der Waals surface area contributed by atoms with Crippen LogP contribution in [0.15, 0.2) is 24.3 Å². The number of benzene rings is 1. The Balaban J connectivity index is 2.12. The number of hydrogen-bond acceptors (Lipinski definition) is 3. The monoisotopic (exact) mass is 278 g/mol. The predicted molar refractivity (Wildman–Crippen MR) is 81.9 cm³/mol. The second-order valence-corrected chi connectivity index (χ2v) is 5.99. The van der Waals surface area contributed by atoms with Crippen molar-refractivity contribution in [1.29, 1.82) is 0 Å². The zero-order valence-electron chi connectivity index (χ0n) is 11.5. The highest BCUT2D eigenvalue weighted by molar-refractivity contribution is 7.99. The fourth-order valence-corrected chi connectivity index (χ4v) is 3.21. The van der Waals surface area contributed by atoms with Crippen molar-refractivity contribution in [3.8, 4) is 0 Å². The predicted octanol–water partition coefficient (Wildman–Crippen LogP) is 2.03. The van der Waals surface area contributed by atoms with Gasteiger partial charge in [-0.25, -0.2) is 0 Å². The molecule has 0 aromatic heterocycles. The lowest BCUT2D eigenvalue weighted by Crippen LogP contribution is -2.33. The van der Waals surface area contributed by atoms with Crippen LogP contribution in [0.4, 0.5) is 0 Å². The van der Waals surface area contributed by atoms with Gasteiger partial charge in [-0.3, -0.25) is 4.79 Å². The Kier molecular flexibility index (Phi) is 5.73. The van der Waals surface area contributed by atoms with Crippen LogP contribution in [0.2, 0.25) is 0 Å². The van der Waals surface area contributed by atoms with Crippen molar-refractivity contribution in [2.45, 2.75) is 12.8 Å². The van der Waals surface area contributed by atoms with E-state index in [0.29, 0.717) is 0 Å². The van der Waals surface area contributed by atoms with Gasteiger partial charge in [-0.1, -0.05) is 18.2 Å². The van der Waals surface area contributed by atoms with E-state index >= 15 is 0 Å². The van der Waals surface area contributed by atoms with Gasteiger partial charge in [0, 0.05) is 24.4 Å². The summed E-state index contributed by atoms with van der Waals surface area (Å²) in [5.74, 6) is 2.43. The van der Waals surface area contributed by atoms with Crippen molar-refractivity contribution in [1.82, 2.24) is 10.2 Å². The minimum Gasteiger partial charge on any atom is -0.338 e. The standard InChI is InChI=1S/C15H22N2OS/c1-16-8-7-13-5-2-3-6-14(13)15(18)17-9-4-11-19-12-10-17/h2-3,5-6,16H,4,7-12H2,1H3. The lowest BCUT2D eigenvalue weighted by Gasteiger charge is -2.21. The Morgan fingerprint density at radius 3 is 3.00 bits per heavy atom. The van der Waals surface area contributed by atoms with Gasteiger partial charge in [0.1, 0.15) is 0 Å². The minimum atomic E-state index is 0.203. The number of nitrogens with zero attached hydrogens (tertiary/aromatic N) is 1. The fraction of sp³-hybridized carbons (Fsp3) is 0.533. The van der Waals surface area contributed by atoms with Crippen molar-refractivity contribution in [3.05, 3.63) is 35.4 Å². The first-order valence-electron chi connectivity index (χ1n) is 6.92. The molecule has 0 atom stereocenters. The van der Waals surface area contributed by atoms with Crippen LogP contribution in [0.1, 0.15) is 22.3 Å². The zero-order valence-corrected chi connectivity index (χ0v) is 12.3. The van der Waals surface area contributed by atoms with Crippen LogP contribution in [-0.2, 0) is 6.42 Å². The Morgan fingerprint density at radius 2 is 2.16 bits per heavy atom. The summed E-state index contributed by atoms with van der Waals surface area (Å²) in [7, 11) is 1.94. The third-order valence-electron chi connectivity index (χ3n) is 3.40. The molecular weight excluding hydrogens is 256 g/mol. The van der Waals surface area contributed by atoms with Gasteiger partial charge in [0.05, 0.1) is 0 Å². The molecule has 1 aromatic carbocycles. The molecule has 0 bridgehead atoms. The molecule has 1 N–H and O–H groups in total. The first kappa shape index (κ1) is 14.4. The van der Waals surface area contributed by atoms with E-state index in [9.17, 15) is 4.79 Å². The van der Waals surface area contributed by atoms with Crippen molar-refractivity contribution >= 4 is 17.7 Å². The molecular formula is C15H22N2OS. The van der Waals surface area contributed by atoms with Crippen LogP contribution in [0.5, 0.6) is 0 Å². The second-order valence-electron chi connectivity index (χ2n) is 4.77. The number of carbonyl (C=O) groups is 1. The summed E-state index contributed by atoms with van der Waals surface area (Å²) in [5, 5.41) is 3.14. The van der Waals surface area contributed by atoms with Crippen LogP contribution < -0.4 is 5.32 Å². The van der Waals surface area contributed by atoms with E-state index in [4.69, 9.17) is 0 Å². The molecule has 0 unspecified atom stereocenters. The molecule has 0 aliphatic carbocycles. The van der Waals surface area contributed by atoms with E-state index in [1.165, 1.54) is 5.75 Å². The van der Waals surface area contributed by atoms with Crippen LogP contribution in [0.25, 0.3) is 0 Å². The molecule has 0 radical (unpaired) electrons. The summed E-state index contributed by atoms with van der Waals surface area (Å²) >= 11 is 1.95. The first-order valence-corrected chi connectivity index (χ1v) is 8.08. The van der Waals surface area contributed by atoms with Crippen molar-refractivity contribution in [2.75, 3.05) is 38.2 Å². The number of nitrogens with one attached hydrogen (secondary N) is 1. The molecule has 1 heterocycles.